The van der Waals surface area contributed by atoms with Crippen LogP contribution in [-0.2, 0) is 18.4 Å². The van der Waals surface area contributed by atoms with Gasteiger partial charge in [0.25, 0.3) is 0 Å². The van der Waals surface area contributed by atoms with E-state index in [2.05, 4.69) is 121 Å². The van der Waals surface area contributed by atoms with Crippen LogP contribution in [0.1, 0.15) is 40.3 Å². The van der Waals surface area contributed by atoms with Crippen molar-refractivity contribution in [1.82, 2.24) is 4.57 Å². The van der Waals surface area contributed by atoms with E-state index in [0.717, 1.165) is 13.0 Å². The van der Waals surface area contributed by atoms with E-state index in [0.29, 0.717) is 0 Å². The molecule has 1 spiro atoms. The van der Waals surface area contributed by atoms with Crippen LogP contribution in [-0.4, -0.2) is 4.57 Å². The summed E-state index contributed by atoms with van der Waals surface area (Å²) in [6.07, 6.45) is 0.989. The van der Waals surface area contributed by atoms with E-state index in [1.807, 2.05) is 0 Å². The van der Waals surface area contributed by atoms with Gasteiger partial charge in [0, 0.05) is 28.4 Å². The molecule has 2 aliphatic carbocycles. The Labute approximate surface area is 205 Å². The van der Waals surface area contributed by atoms with E-state index >= 15 is 0 Å². The Bertz CT molecular complexity index is 1770. The van der Waals surface area contributed by atoms with Gasteiger partial charge in [-0.05, 0) is 58.4 Å². The van der Waals surface area contributed by atoms with Gasteiger partial charge in [0.1, 0.15) is 0 Å². The molecular weight excluding hydrogens is 422 g/mol. The first-order valence-electron chi connectivity index (χ1n) is 12.6. The van der Waals surface area contributed by atoms with Crippen LogP contribution >= 0.6 is 0 Å². The third-order valence-electron chi connectivity index (χ3n) is 8.48. The van der Waals surface area contributed by atoms with Crippen molar-refractivity contribution < 1.29 is 0 Å². The molecule has 0 radical (unpaired) electrons. The minimum absolute atomic E-state index is 0.291. The number of hydrogen-bond acceptors (Lipinski definition) is 0. The quantitative estimate of drug-likeness (QED) is 0.240. The third kappa shape index (κ3) is 2.20. The van der Waals surface area contributed by atoms with Crippen molar-refractivity contribution in [2.24, 2.45) is 0 Å². The molecule has 0 amide bonds. The molecule has 0 N–H and O–H groups in total. The molecule has 0 atom stereocenters. The first-order valence-corrected chi connectivity index (χ1v) is 12.6. The molecule has 8 rings (SSSR count). The molecule has 1 heteroatoms. The second-order valence-electron chi connectivity index (χ2n) is 9.93. The van der Waals surface area contributed by atoms with Crippen LogP contribution in [0.2, 0.25) is 0 Å². The molecular formula is C34H25N. The summed E-state index contributed by atoms with van der Waals surface area (Å²) < 4.78 is 2.53. The Morgan fingerprint density at radius 1 is 0.600 bits per heavy atom. The summed E-state index contributed by atoms with van der Waals surface area (Å²) in [5.41, 5.74) is 13.7. The zero-order chi connectivity index (χ0) is 23.1. The van der Waals surface area contributed by atoms with Crippen molar-refractivity contribution in [2.75, 3.05) is 0 Å². The molecule has 1 nitrogen and oxygen atoms in total. The van der Waals surface area contributed by atoms with Gasteiger partial charge in [-0.1, -0.05) is 103 Å². The van der Waals surface area contributed by atoms with E-state index < -0.39 is 0 Å². The van der Waals surface area contributed by atoms with Gasteiger partial charge in [-0.15, -0.1) is 0 Å². The summed E-state index contributed by atoms with van der Waals surface area (Å²) in [5.74, 6) is 0. The minimum atomic E-state index is -0.291. The van der Waals surface area contributed by atoms with Gasteiger partial charge in [0.05, 0.1) is 10.9 Å². The zero-order valence-electron chi connectivity index (χ0n) is 19.8. The fourth-order valence-electron chi connectivity index (χ4n) is 7.24. The second-order valence-corrected chi connectivity index (χ2v) is 9.93. The number of para-hydroxylation sites is 1. The smallest absolute Gasteiger partial charge is 0.0719 e. The molecule has 166 valence electrons. The van der Waals surface area contributed by atoms with Crippen molar-refractivity contribution in [3.05, 3.63) is 143 Å². The largest absolute Gasteiger partial charge is 0.340 e. The van der Waals surface area contributed by atoms with E-state index in [1.165, 1.54) is 66.3 Å². The Balaban J connectivity index is 1.64. The number of aryl methyl sites for hydroxylation is 1. The van der Waals surface area contributed by atoms with E-state index in [1.54, 1.807) is 0 Å². The van der Waals surface area contributed by atoms with Crippen LogP contribution in [0, 0.1) is 0 Å². The van der Waals surface area contributed by atoms with Crippen LogP contribution in [0.4, 0.5) is 0 Å². The van der Waals surface area contributed by atoms with Gasteiger partial charge in [-0.3, -0.25) is 0 Å². The van der Waals surface area contributed by atoms with Crippen LogP contribution < -0.4 is 0 Å². The normalized spacial score (nSPS) is 14.7. The van der Waals surface area contributed by atoms with Crippen LogP contribution in [0.15, 0.2) is 109 Å². The highest BCUT2D eigenvalue weighted by Crippen LogP contribution is 2.60. The fraction of sp³-hybridized carbons (Fsp3) is 0.118. The molecule has 6 aromatic rings. The van der Waals surface area contributed by atoms with Gasteiger partial charge in [-0.25, -0.2) is 0 Å². The average Bonchev–Trinajstić information content (AvgIpc) is 3.40. The van der Waals surface area contributed by atoms with Crippen molar-refractivity contribution in [3.63, 3.8) is 0 Å². The highest BCUT2D eigenvalue weighted by molar-refractivity contribution is 6.15. The molecule has 0 saturated heterocycles. The number of nitrogens with zero attached hydrogens (tertiary/aromatic N) is 1. The lowest BCUT2D eigenvalue weighted by Gasteiger charge is -2.40. The molecule has 5 aromatic carbocycles. The number of aromatic nitrogens is 1. The summed E-state index contributed by atoms with van der Waals surface area (Å²) >= 11 is 0. The van der Waals surface area contributed by atoms with Gasteiger partial charge < -0.3 is 4.57 Å². The standard InChI is InChI=1S/C34H25N/c1-2-35-31-18-10-6-13-24(31)25-19-20-30-32(33(25)35)26-14-5-9-17-29(26)34(30)27-15-7-3-11-22(27)21-23-12-4-8-16-28(23)34/h3-20H,2,21H2,1H3. The summed E-state index contributed by atoms with van der Waals surface area (Å²) in [5, 5.41) is 2.69. The maximum absolute atomic E-state index is 2.53. The Morgan fingerprint density at radius 2 is 1.23 bits per heavy atom. The molecule has 0 saturated carbocycles. The summed E-state index contributed by atoms with van der Waals surface area (Å²) in [6.45, 7) is 3.22. The Hall–Kier alpha value is -4.10. The molecule has 2 aliphatic rings. The SMILES string of the molecule is CCn1c2ccccc2c2ccc3c(c21)-c1ccccc1C31c2ccccc2Cc2ccccc21. The van der Waals surface area contributed by atoms with Gasteiger partial charge >= 0.3 is 0 Å². The lowest BCUT2D eigenvalue weighted by Crippen LogP contribution is -2.34. The van der Waals surface area contributed by atoms with Crippen molar-refractivity contribution >= 4 is 21.8 Å². The highest BCUT2D eigenvalue weighted by atomic mass is 15.0. The number of hydrogen-bond donors (Lipinski definition) is 0. The summed E-state index contributed by atoms with van der Waals surface area (Å²) in [7, 11) is 0. The predicted octanol–water partition coefficient (Wildman–Crippen LogP) is 8.08. The van der Waals surface area contributed by atoms with Gasteiger partial charge in [0.15, 0.2) is 0 Å². The third-order valence-corrected chi connectivity index (χ3v) is 8.48. The molecule has 0 unspecified atom stereocenters. The number of fused-ring (bicyclic) bond motifs is 13. The lowest BCUT2D eigenvalue weighted by molar-refractivity contribution is 0.722. The second kappa shape index (κ2) is 6.73. The van der Waals surface area contributed by atoms with Crippen molar-refractivity contribution in [1.29, 1.82) is 0 Å². The minimum Gasteiger partial charge on any atom is -0.340 e. The first kappa shape index (κ1) is 19.2. The maximum Gasteiger partial charge on any atom is 0.0719 e. The van der Waals surface area contributed by atoms with Crippen molar-refractivity contribution in [2.45, 2.75) is 25.3 Å². The summed E-state index contributed by atoms with van der Waals surface area (Å²) in [4.78, 5) is 0. The monoisotopic (exact) mass is 447 g/mol. The van der Waals surface area contributed by atoms with E-state index in [4.69, 9.17) is 0 Å². The molecule has 0 fully saturated rings. The van der Waals surface area contributed by atoms with E-state index in [-0.39, 0.29) is 5.41 Å². The van der Waals surface area contributed by atoms with Crippen LogP contribution in [0.5, 0.6) is 0 Å². The molecule has 0 aliphatic heterocycles. The molecule has 1 heterocycles. The fourth-order valence-corrected chi connectivity index (χ4v) is 7.24. The Morgan fingerprint density at radius 3 is 1.97 bits per heavy atom. The van der Waals surface area contributed by atoms with Gasteiger partial charge in [0.2, 0.25) is 0 Å². The lowest BCUT2D eigenvalue weighted by atomic mass is 9.61. The molecule has 35 heavy (non-hydrogen) atoms. The van der Waals surface area contributed by atoms with Crippen molar-refractivity contribution in [3.8, 4) is 11.1 Å². The zero-order valence-corrected chi connectivity index (χ0v) is 19.8. The highest BCUT2D eigenvalue weighted by Gasteiger charge is 2.50. The Kier molecular flexibility index (Phi) is 3.70. The van der Waals surface area contributed by atoms with Crippen LogP contribution in [0.3, 0.4) is 0 Å². The first-order chi connectivity index (χ1) is 17.3. The van der Waals surface area contributed by atoms with E-state index in [9.17, 15) is 0 Å². The molecule has 0 bridgehead atoms. The number of benzene rings is 5. The summed E-state index contributed by atoms with van der Waals surface area (Å²) in [6, 6.07) is 41.1. The topological polar surface area (TPSA) is 4.93 Å². The maximum atomic E-state index is 2.53. The predicted molar refractivity (Wildman–Crippen MR) is 145 cm³/mol. The average molecular weight is 448 g/mol. The number of rotatable bonds is 1. The van der Waals surface area contributed by atoms with Gasteiger partial charge in [-0.2, -0.15) is 0 Å². The molecule has 1 aromatic heterocycles. The van der Waals surface area contributed by atoms with Crippen LogP contribution in [0.25, 0.3) is 32.9 Å².